The molecule has 1 fully saturated rings. The Morgan fingerprint density at radius 1 is 0.548 bits per heavy atom. The van der Waals surface area contributed by atoms with E-state index >= 15 is 0 Å². The number of hydrogen-bond donors (Lipinski definition) is 0. The molecule has 250 valence electrons. The van der Waals surface area contributed by atoms with Crippen LogP contribution in [0.15, 0.2) is 0 Å². The van der Waals surface area contributed by atoms with Crippen LogP contribution in [0.5, 0.6) is 0 Å². The third kappa shape index (κ3) is 29.2. The van der Waals surface area contributed by atoms with Crippen molar-refractivity contribution in [2.75, 3.05) is 112 Å². The van der Waals surface area contributed by atoms with E-state index in [0.29, 0.717) is 112 Å². The minimum absolute atomic E-state index is 0.0649. The maximum absolute atomic E-state index is 11.7. The van der Waals surface area contributed by atoms with E-state index in [1.54, 1.807) is 0 Å². The minimum Gasteiger partial charge on any atom is -0.463 e. The van der Waals surface area contributed by atoms with Crippen molar-refractivity contribution in [1.82, 2.24) is 0 Å². The van der Waals surface area contributed by atoms with Gasteiger partial charge >= 0.3 is 5.97 Å². The second-order valence-corrected chi connectivity index (χ2v) is 10.0. The first-order chi connectivity index (χ1) is 20.8. The van der Waals surface area contributed by atoms with Crippen LogP contribution in [0.3, 0.4) is 0 Å². The average molecular weight is 609 g/mol. The second-order valence-electron chi connectivity index (χ2n) is 10.0. The molecular formula is C31H60O11. The highest BCUT2D eigenvalue weighted by Crippen LogP contribution is 2.13. The normalized spacial score (nSPS) is 15.3. The maximum atomic E-state index is 11.7. The number of carbonyl (C=O) groups is 1. The van der Waals surface area contributed by atoms with E-state index in [1.807, 2.05) is 0 Å². The van der Waals surface area contributed by atoms with Gasteiger partial charge in [0.15, 0.2) is 6.29 Å². The Morgan fingerprint density at radius 3 is 1.43 bits per heavy atom. The van der Waals surface area contributed by atoms with Gasteiger partial charge in [0.1, 0.15) is 6.61 Å². The highest BCUT2D eigenvalue weighted by molar-refractivity contribution is 5.69. The lowest BCUT2D eigenvalue weighted by Crippen LogP contribution is -2.24. The zero-order valence-corrected chi connectivity index (χ0v) is 26.4. The van der Waals surface area contributed by atoms with E-state index in [4.69, 9.17) is 47.4 Å². The molecule has 0 aromatic rings. The standard InChI is InChI=1S/C31H60O11/c1-2-3-4-5-6-7-8-11-30(32)40-28-26-38-24-22-36-20-18-34-16-14-33-15-17-35-19-21-37-23-25-39-27-29-42-31-12-9-10-13-41-31/h31H,2-29H2,1H3. The summed E-state index contributed by atoms with van der Waals surface area (Å²) in [4.78, 5) is 11.7. The van der Waals surface area contributed by atoms with E-state index in [2.05, 4.69) is 6.92 Å². The van der Waals surface area contributed by atoms with Crippen molar-refractivity contribution in [3.63, 3.8) is 0 Å². The summed E-state index contributed by atoms with van der Waals surface area (Å²) in [5, 5.41) is 0. The molecule has 1 unspecified atom stereocenters. The van der Waals surface area contributed by atoms with Gasteiger partial charge < -0.3 is 47.4 Å². The van der Waals surface area contributed by atoms with Crippen LogP contribution >= 0.6 is 0 Å². The molecule has 0 bridgehead atoms. The van der Waals surface area contributed by atoms with Crippen LogP contribution in [0.4, 0.5) is 0 Å². The van der Waals surface area contributed by atoms with Gasteiger partial charge in [-0.05, 0) is 25.7 Å². The van der Waals surface area contributed by atoms with E-state index < -0.39 is 0 Å². The summed E-state index contributed by atoms with van der Waals surface area (Å²) < 4.78 is 54.6. The second kappa shape index (κ2) is 33.0. The van der Waals surface area contributed by atoms with Crippen LogP contribution in [-0.2, 0) is 52.2 Å². The minimum atomic E-state index is -0.137. The van der Waals surface area contributed by atoms with Crippen LogP contribution in [0.2, 0.25) is 0 Å². The van der Waals surface area contributed by atoms with Crippen molar-refractivity contribution < 1.29 is 52.2 Å². The zero-order valence-electron chi connectivity index (χ0n) is 26.4. The summed E-state index contributed by atoms with van der Waals surface area (Å²) in [5.41, 5.74) is 0. The Balaban J connectivity index is 1.64. The SMILES string of the molecule is CCCCCCCCCC(=O)OCCOCCOCCOCCOCCOCCOCCOCCOC1CCCCO1. The topological polar surface area (TPSA) is 109 Å². The summed E-state index contributed by atoms with van der Waals surface area (Å²) in [7, 11) is 0. The van der Waals surface area contributed by atoms with Gasteiger partial charge in [0.2, 0.25) is 0 Å². The Kier molecular flexibility index (Phi) is 30.8. The molecule has 0 spiro atoms. The molecule has 0 aromatic heterocycles. The largest absolute Gasteiger partial charge is 0.463 e. The first-order valence-electron chi connectivity index (χ1n) is 16.3. The average Bonchev–Trinajstić information content (AvgIpc) is 3.01. The predicted octanol–water partition coefficient (Wildman–Crippen LogP) is 4.33. The molecule has 0 aliphatic carbocycles. The number of unbranched alkanes of at least 4 members (excludes halogenated alkanes) is 6. The van der Waals surface area contributed by atoms with Crippen molar-refractivity contribution in [2.24, 2.45) is 0 Å². The molecule has 1 rings (SSSR count). The molecule has 11 heteroatoms. The molecule has 1 aliphatic heterocycles. The van der Waals surface area contributed by atoms with Gasteiger partial charge in [0.05, 0.1) is 99.1 Å². The number of carbonyl (C=O) groups excluding carboxylic acids is 1. The van der Waals surface area contributed by atoms with E-state index in [9.17, 15) is 4.79 Å². The van der Waals surface area contributed by atoms with Crippen molar-refractivity contribution in [2.45, 2.75) is 83.8 Å². The summed E-state index contributed by atoms with van der Waals surface area (Å²) in [6, 6.07) is 0. The van der Waals surface area contributed by atoms with Crippen molar-refractivity contribution in [3.05, 3.63) is 0 Å². The van der Waals surface area contributed by atoms with Crippen LogP contribution in [0.25, 0.3) is 0 Å². The molecule has 0 amide bonds. The lowest BCUT2D eigenvalue weighted by Gasteiger charge is -2.22. The number of rotatable bonds is 33. The maximum Gasteiger partial charge on any atom is 0.305 e. The molecule has 1 saturated heterocycles. The van der Waals surface area contributed by atoms with Gasteiger partial charge in [0.25, 0.3) is 0 Å². The van der Waals surface area contributed by atoms with E-state index in [-0.39, 0.29) is 12.3 Å². The predicted molar refractivity (Wildman–Crippen MR) is 159 cm³/mol. The van der Waals surface area contributed by atoms with Gasteiger partial charge in [-0.3, -0.25) is 4.79 Å². The Morgan fingerprint density at radius 2 is 0.976 bits per heavy atom. The quantitative estimate of drug-likeness (QED) is 0.0785. The van der Waals surface area contributed by atoms with Gasteiger partial charge in [-0.25, -0.2) is 0 Å². The molecule has 1 heterocycles. The molecule has 0 saturated carbocycles. The molecule has 0 radical (unpaired) electrons. The molecular weight excluding hydrogens is 548 g/mol. The molecule has 1 aliphatic rings. The lowest BCUT2D eigenvalue weighted by atomic mass is 10.1. The van der Waals surface area contributed by atoms with E-state index in [1.165, 1.54) is 38.5 Å². The zero-order chi connectivity index (χ0) is 30.0. The Hall–Kier alpha value is -0.890. The smallest absolute Gasteiger partial charge is 0.305 e. The van der Waals surface area contributed by atoms with Crippen LogP contribution < -0.4 is 0 Å². The summed E-state index contributed by atoms with van der Waals surface area (Å²) in [6.07, 6.45) is 12.0. The van der Waals surface area contributed by atoms with Crippen LogP contribution in [0.1, 0.15) is 77.6 Å². The number of ether oxygens (including phenoxy) is 10. The molecule has 42 heavy (non-hydrogen) atoms. The highest BCUT2D eigenvalue weighted by atomic mass is 16.7. The molecule has 0 N–H and O–H groups in total. The monoisotopic (exact) mass is 608 g/mol. The molecule has 1 atom stereocenters. The van der Waals surface area contributed by atoms with Gasteiger partial charge in [0, 0.05) is 13.0 Å². The van der Waals surface area contributed by atoms with Gasteiger partial charge in [-0.15, -0.1) is 0 Å². The van der Waals surface area contributed by atoms with Crippen LogP contribution in [-0.4, -0.2) is 125 Å². The Labute approximate surface area is 254 Å². The molecule has 0 aromatic carbocycles. The van der Waals surface area contributed by atoms with Crippen LogP contribution in [0, 0.1) is 0 Å². The summed E-state index contributed by atoms with van der Waals surface area (Å²) in [5.74, 6) is -0.137. The van der Waals surface area contributed by atoms with Crippen molar-refractivity contribution >= 4 is 5.97 Å². The van der Waals surface area contributed by atoms with Gasteiger partial charge in [-0.1, -0.05) is 45.4 Å². The van der Waals surface area contributed by atoms with Crippen molar-refractivity contribution in [1.29, 1.82) is 0 Å². The third-order valence-corrected chi connectivity index (χ3v) is 6.38. The fourth-order valence-corrected chi connectivity index (χ4v) is 4.02. The number of hydrogen-bond acceptors (Lipinski definition) is 11. The van der Waals surface area contributed by atoms with E-state index in [0.717, 1.165) is 32.3 Å². The first-order valence-corrected chi connectivity index (χ1v) is 16.3. The third-order valence-electron chi connectivity index (χ3n) is 6.38. The lowest BCUT2D eigenvalue weighted by molar-refractivity contribution is -0.169. The summed E-state index contributed by atoms with van der Waals surface area (Å²) in [6.45, 7) is 10.9. The Bertz CT molecular complexity index is 547. The summed E-state index contributed by atoms with van der Waals surface area (Å²) >= 11 is 0. The van der Waals surface area contributed by atoms with Gasteiger partial charge in [-0.2, -0.15) is 0 Å². The highest BCUT2D eigenvalue weighted by Gasteiger charge is 2.13. The fraction of sp³-hybridized carbons (Fsp3) is 0.968. The first kappa shape index (κ1) is 39.1. The fourth-order valence-electron chi connectivity index (χ4n) is 4.02. The molecule has 11 nitrogen and oxygen atoms in total. The van der Waals surface area contributed by atoms with Crippen molar-refractivity contribution in [3.8, 4) is 0 Å². The number of esters is 1.